The van der Waals surface area contributed by atoms with Crippen molar-refractivity contribution in [2.75, 3.05) is 13.1 Å². The number of hydrogen-bond donors (Lipinski definition) is 3. The number of aromatic nitrogens is 4. The van der Waals surface area contributed by atoms with E-state index in [0.717, 1.165) is 53.1 Å². The van der Waals surface area contributed by atoms with Gasteiger partial charge >= 0.3 is 0 Å². The highest BCUT2D eigenvalue weighted by Gasteiger charge is 2.14. The summed E-state index contributed by atoms with van der Waals surface area (Å²) in [6.45, 7) is 1.92. The molecule has 5 heteroatoms. The fraction of sp³-hybridized carbons (Fsp3) is 0.158. The minimum Gasteiger partial charge on any atom is -0.353 e. The smallest absolute Gasteiger partial charge is 0.135 e. The maximum absolute atomic E-state index is 4.90. The summed E-state index contributed by atoms with van der Waals surface area (Å²) in [5.74, 6) is 0. The van der Waals surface area contributed by atoms with E-state index in [9.17, 15) is 0 Å². The van der Waals surface area contributed by atoms with Crippen LogP contribution in [-0.2, 0) is 0 Å². The van der Waals surface area contributed by atoms with Gasteiger partial charge < -0.3 is 10.3 Å². The molecule has 0 saturated carbocycles. The van der Waals surface area contributed by atoms with Gasteiger partial charge in [0.05, 0.1) is 16.9 Å². The molecule has 24 heavy (non-hydrogen) atoms. The van der Waals surface area contributed by atoms with E-state index in [1.54, 1.807) is 0 Å². The van der Waals surface area contributed by atoms with Gasteiger partial charge in [0.1, 0.15) is 11.2 Å². The zero-order valence-electron chi connectivity index (χ0n) is 13.1. The number of hydrogen-bond acceptors (Lipinski definition) is 3. The van der Waals surface area contributed by atoms with E-state index in [0.29, 0.717) is 0 Å². The maximum atomic E-state index is 4.90. The topological polar surface area (TPSA) is 69.4 Å². The van der Waals surface area contributed by atoms with Crippen LogP contribution in [0.5, 0.6) is 0 Å². The van der Waals surface area contributed by atoms with Crippen LogP contribution < -0.4 is 5.32 Å². The predicted octanol–water partition coefficient (Wildman–Crippen LogP) is 3.48. The number of nitrogens with zero attached hydrogens (tertiary/aromatic N) is 2. The molecular weight excluding hydrogens is 298 g/mol. The SMILES string of the molecule is C1=C(c2ccc3[nH]nc(-c4cc5ccccc5[nH]4)c3n2)CCNC1. The molecule has 0 bridgehead atoms. The second-order valence-electron chi connectivity index (χ2n) is 6.12. The van der Waals surface area contributed by atoms with Crippen molar-refractivity contribution in [2.45, 2.75) is 6.42 Å². The zero-order valence-corrected chi connectivity index (χ0v) is 13.1. The number of aromatic amines is 2. The molecule has 5 rings (SSSR count). The number of pyridine rings is 1. The highest BCUT2D eigenvalue weighted by Crippen LogP contribution is 2.29. The summed E-state index contributed by atoms with van der Waals surface area (Å²) in [4.78, 5) is 8.34. The molecule has 4 heterocycles. The Morgan fingerprint density at radius 2 is 1.96 bits per heavy atom. The number of para-hydroxylation sites is 1. The van der Waals surface area contributed by atoms with Crippen LogP contribution in [0.4, 0.5) is 0 Å². The molecule has 3 N–H and O–H groups in total. The summed E-state index contributed by atoms with van der Waals surface area (Å²) in [6.07, 6.45) is 3.23. The lowest BCUT2D eigenvalue weighted by Gasteiger charge is -2.13. The molecule has 0 aliphatic carbocycles. The van der Waals surface area contributed by atoms with Crippen molar-refractivity contribution < 1.29 is 0 Å². The number of benzene rings is 1. The van der Waals surface area contributed by atoms with Crippen molar-refractivity contribution in [1.29, 1.82) is 0 Å². The standard InChI is InChI=1S/C19H17N5/c1-2-4-14-13(3-1)11-17(21-14)19-18-16(23-24-19)6-5-15(22-18)12-7-9-20-10-8-12/h1-7,11,20-21H,8-10H2,(H,23,24). The second kappa shape index (κ2) is 5.32. The molecule has 0 amide bonds. The Morgan fingerprint density at radius 3 is 2.83 bits per heavy atom. The van der Waals surface area contributed by atoms with E-state index < -0.39 is 0 Å². The summed E-state index contributed by atoms with van der Waals surface area (Å²) >= 11 is 0. The van der Waals surface area contributed by atoms with Gasteiger partial charge in [-0.2, -0.15) is 5.10 Å². The van der Waals surface area contributed by atoms with Gasteiger partial charge in [0, 0.05) is 17.4 Å². The quantitative estimate of drug-likeness (QED) is 0.530. The molecule has 0 radical (unpaired) electrons. The fourth-order valence-electron chi connectivity index (χ4n) is 3.32. The van der Waals surface area contributed by atoms with E-state index in [2.05, 4.69) is 56.9 Å². The van der Waals surface area contributed by atoms with E-state index in [-0.39, 0.29) is 0 Å². The fourth-order valence-corrected chi connectivity index (χ4v) is 3.32. The monoisotopic (exact) mass is 315 g/mol. The first kappa shape index (κ1) is 13.5. The third-order valence-electron chi connectivity index (χ3n) is 4.59. The van der Waals surface area contributed by atoms with Gasteiger partial charge in [0.15, 0.2) is 0 Å². The Hall–Kier alpha value is -2.92. The van der Waals surface area contributed by atoms with Crippen LogP contribution in [0.2, 0.25) is 0 Å². The summed E-state index contributed by atoms with van der Waals surface area (Å²) in [5, 5.41) is 12.1. The van der Waals surface area contributed by atoms with Crippen molar-refractivity contribution in [3.63, 3.8) is 0 Å². The van der Waals surface area contributed by atoms with Crippen LogP contribution in [0.25, 0.3) is 38.9 Å². The van der Waals surface area contributed by atoms with Crippen LogP contribution in [0.3, 0.4) is 0 Å². The molecule has 118 valence electrons. The largest absolute Gasteiger partial charge is 0.353 e. The number of nitrogens with one attached hydrogen (secondary N) is 3. The first-order chi connectivity index (χ1) is 11.9. The van der Waals surface area contributed by atoms with E-state index in [1.165, 1.54) is 11.0 Å². The predicted molar refractivity (Wildman–Crippen MR) is 96.6 cm³/mol. The number of fused-ring (bicyclic) bond motifs is 2. The minimum absolute atomic E-state index is 0.873. The Balaban J connectivity index is 1.66. The van der Waals surface area contributed by atoms with Gasteiger partial charge in [0.2, 0.25) is 0 Å². The van der Waals surface area contributed by atoms with Gasteiger partial charge in [-0.3, -0.25) is 5.10 Å². The van der Waals surface area contributed by atoms with Gasteiger partial charge in [-0.05, 0) is 42.8 Å². The first-order valence-corrected chi connectivity index (χ1v) is 8.22. The molecule has 0 fully saturated rings. The van der Waals surface area contributed by atoms with Crippen LogP contribution >= 0.6 is 0 Å². The lowest BCUT2D eigenvalue weighted by Crippen LogP contribution is -2.20. The molecular formula is C19H17N5. The van der Waals surface area contributed by atoms with Crippen molar-refractivity contribution in [2.24, 2.45) is 0 Å². The van der Waals surface area contributed by atoms with Crippen LogP contribution in [0, 0.1) is 0 Å². The Bertz CT molecular complexity index is 1040. The van der Waals surface area contributed by atoms with E-state index in [1.807, 2.05) is 12.1 Å². The Labute approximate surface area is 138 Å². The first-order valence-electron chi connectivity index (χ1n) is 8.22. The molecule has 5 nitrogen and oxygen atoms in total. The average Bonchev–Trinajstić information content (AvgIpc) is 3.25. The van der Waals surface area contributed by atoms with Gasteiger partial charge in [-0.15, -0.1) is 0 Å². The summed E-state index contributed by atoms with van der Waals surface area (Å²) in [5.41, 5.74) is 7.20. The number of H-pyrrole nitrogens is 2. The molecule has 1 aliphatic rings. The molecule has 0 unspecified atom stereocenters. The second-order valence-corrected chi connectivity index (χ2v) is 6.12. The van der Waals surface area contributed by atoms with Gasteiger partial charge in [0.25, 0.3) is 0 Å². The zero-order chi connectivity index (χ0) is 15.9. The number of rotatable bonds is 2. The Morgan fingerprint density at radius 1 is 1.00 bits per heavy atom. The molecule has 1 aromatic carbocycles. The summed E-state index contributed by atoms with van der Waals surface area (Å²) in [7, 11) is 0. The van der Waals surface area contributed by atoms with Crippen LogP contribution in [-0.4, -0.2) is 33.3 Å². The molecule has 3 aromatic heterocycles. The third kappa shape index (κ3) is 2.13. The third-order valence-corrected chi connectivity index (χ3v) is 4.59. The van der Waals surface area contributed by atoms with Gasteiger partial charge in [-0.25, -0.2) is 4.98 Å². The molecule has 4 aromatic rings. The summed E-state index contributed by atoms with van der Waals surface area (Å²) < 4.78 is 0. The average molecular weight is 315 g/mol. The van der Waals surface area contributed by atoms with Crippen LogP contribution in [0.1, 0.15) is 12.1 Å². The Kier molecular flexibility index (Phi) is 2.99. The maximum Gasteiger partial charge on any atom is 0.135 e. The van der Waals surface area contributed by atoms with Crippen molar-refractivity contribution in [1.82, 2.24) is 25.5 Å². The van der Waals surface area contributed by atoms with Crippen molar-refractivity contribution >= 4 is 27.5 Å². The van der Waals surface area contributed by atoms with Crippen LogP contribution in [0.15, 0.2) is 48.5 Å². The van der Waals surface area contributed by atoms with E-state index >= 15 is 0 Å². The molecule has 0 atom stereocenters. The molecule has 0 saturated heterocycles. The normalized spacial score (nSPS) is 15.1. The van der Waals surface area contributed by atoms with Crippen molar-refractivity contribution in [3.8, 4) is 11.4 Å². The summed E-state index contributed by atoms with van der Waals surface area (Å²) in [6, 6.07) is 14.5. The lowest BCUT2D eigenvalue weighted by molar-refractivity contribution is 0.737. The highest BCUT2D eigenvalue weighted by atomic mass is 15.1. The van der Waals surface area contributed by atoms with Crippen molar-refractivity contribution in [3.05, 3.63) is 54.2 Å². The lowest BCUT2D eigenvalue weighted by atomic mass is 10.0. The molecule has 1 aliphatic heterocycles. The highest BCUT2D eigenvalue weighted by molar-refractivity contribution is 5.94. The molecule has 0 spiro atoms. The van der Waals surface area contributed by atoms with E-state index in [4.69, 9.17) is 4.98 Å². The van der Waals surface area contributed by atoms with Gasteiger partial charge in [-0.1, -0.05) is 24.3 Å². The minimum atomic E-state index is 0.873.